The number of carbonyl (C=O) groups is 2. The average Bonchev–Trinajstić information content (AvgIpc) is 2.56. The highest BCUT2D eigenvalue weighted by Gasteiger charge is 2.12. The van der Waals surface area contributed by atoms with Crippen LogP contribution in [0, 0.1) is 10.1 Å². The van der Waals surface area contributed by atoms with Gasteiger partial charge in [-0.05, 0) is 12.1 Å². The first kappa shape index (κ1) is 15.8. The number of carbonyl (C=O) groups excluding carboxylic acids is 2. The van der Waals surface area contributed by atoms with Gasteiger partial charge in [-0.25, -0.2) is 5.43 Å². The maximum Gasteiger partial charge on any atom is 0.329 e. The molecule has 116 valence electrons. The molecule has 0 aromatic heterocycles. The molecule has 8 nitrogen and oxygen atoms in total. The number of nitrogens with zero attached hydrogens (tertiary/aromatic N) is 2. The van der Waals surface area contributed by atoms with E-state index in [-0.39, 0.29) is 5.69 Å². The van der Waals surface area contributed by atoms with Crippen molar-refractivity contribution < 1.29 is 14.5 Å². The van der Waals surface area contributed by atoms with Crippen molar-refractivity contribution in [1.29, 1.82) is 0 Å². The Morgan fingerprint density at radius 2 is 1.78 bits per heavy atom. The highest BCUT2D eigenvalue weighted by atomic mass is 16.6. The summed E-state index contributed by atoms with van der Waals surface area (Å²) in [5.41, 5.74) is 2.85. The highest BCUT2D eigenvalue weighted by molar-refractivity contribution is 6.39. The summed E-state index contributed by atoms with van der Waals surface area (Å²) in [5.74, 6) is -1.82. The second-order valence-electron chi connectivity index (χ2n) is 4.37. The molecule has 0 heterocycles. The minimum atomic E-state index is -0.949. The first-order valence-electron chi connectivity index (χ1n) is 6.50. The van der Waals surface area contributed by atoms with Crippen molar-refractivity contribution in [2.24, 2.45) is 5.10 Å². The molecule has 8 heteroatoms. The Morgan fingerprint density at radius 3 is 2.48 bits per heavy atom. The summed E-state index contributed by atoms with van der Waals surface area (Å²) in [6, 6.07) is 14.2. The lowest BCUT2D eigenvalue weighted by Crippen LogP contribution is -2.32. The van der Waals surface area contributed by atoms with Crippen LogP contribution in [0.15, 0.2) is 59.7 Å². The summed E-state index contributed by atoms with van der Waals surface area (Å²) >= 11 is 0. The first-order chi connectivity index (χ1) is 11.1. The molecular formula is C15H12N4O4. The van der Waals surface area contributed by atoms with Crippen molar-refractivity contribution in [2.45, 2.75) is 0 Å². The van der Waals surface area contributed by atoms with Gasteiger partial charge in [-0.2, -0.15) is 5.10 Å². The third-order valence-corrected chi connectivity index (χ3v) is 2.70. The van der Waals surface area contributed by atoms with Crippen LogP contribution in [0.2, 0.25) is 0 Å². The van der Waals surface area contributed by atoms with E-state index in [1.807, 2.05) is 5.43 Å². The van der Waals surface area contributed by atoms with Gasteiger partial charge in [0, 0.05) is 23.4 Å². The minimum Gasteiger partial charge on any atom is -0.318 e. The van der Waals surface area contributed by atoms with Crippen molar-refractivity contribution >= 4 is 29.4 Å². The molecule has 2 rings (SSSR count). The van der Waals surface area contributed by atoms with Crippen LogP contribution in [0.3, 0.4) is 0 Å². The van der Waals surface area contributed by atoms with E-state index in [0.29, 0.717) is 11.3 Å². The zero-order valence-electron chi connectivity index (χ0n) is 11.8. The van der Waals surface area contributed by atoms with Gasteiger partial charge >= 0.3 is 11.8 Å². The molecule has 0 radical (unpaired) electrons. The lowest BCUT2D eigenvalue weighted by atomic mass is 10.2. The van der Waals surface area contributed by atoms with Crippen LogP contribution in [-0.2, 0) is 9.59 Å². The van der Waals surface area contributed by atoms with Gasteiger partial charge in [-0.15, -0.1) is 0 Å². The fourth-order valence-corrected chi connectivity index (χ4v) is 1.64. The van der Waals surface area contributed by atoms with E-state index in [4.69, 9.17) is 0 Å². The van der Waals surface area contributed by atoms with Gasteiger partial charge < -0.3 is 5.32 Å². The maximum absolute atomic E-state index is 11.6. The summed E-state index contributed by atoms with van der Waals surface area (Å²) in [7, 11) is 0. The number of hydrogen-bond donors (Lipinski definition) is 2. The van der Waals surface area contributed by atoms with Gasteiger partial charge in [0.25, 0.3) is 5.69 Å². The van der Waals surface area contributed by atoms with Crippen molar-refractivity contribution in [3.63, 3.8) is 0 Å². The van der Waals surface area contributed by atoms with E-state index in [9.17, 15) is 19.7 Å². The smallest absolute Gasteiger partial charge is 0.318 e. The minimum absolute atomic E-state index is 0.0953. The lowest BCUT2D eigenvalue weighted by Gasteiger charge is -2.02. The standard InChI is InChI=1S/C15H12N4O4/c20-14(17-12-6-2-1-3-7-12)15(21)18-16-10-11-5-4-8-13(9-11)19(22)23/h1-10H,(H,17,20)(H,18,21)/b16-10-. The molecular weight excluding hydrogens is 300 g/mol. The van der Waals surface area contributed by atoms with Gasteiger partial charge in [0.05, 0.1) is 11.1 Å². The van der Waals surface area contributed by atoms with Crippen LogP contribution in [0.1, 0.15) is 5.56 Å². The molecule has 23 heavy (non-hydrogen) atoms. The Labute approximate surface area is 131 Å². The predicted octanol–water partition coefficient (Wildman–Crippen LogP) is 1.68. The number of hydrazone groups is 1. The quantitative estimate of drug-likeness (QED) is 0.387. The first-order valence-corrected chi connectivity index (χ1v) is 6.50. The van der Waals surface area contributed by atoms with Gasteiger partial charge in [0.15, 0.2) is 0 Å². The third kappa shape index (κ3) is 4.74. The van der Waals surface area contributed by atoms with Gasteiger partial charge in [0.2, 0.25) is 0 Å². The van der Waals surface area contributed by atoms with Crippen LogP contribution in [0.25, 0.3) is 0 Å². The van der Waals surface area contributed by atoms with E-state index in [0.717, 1.165) is 0 Å². The molecule has 0 spiro atoms. The lowest BCUT2D eigenvalue weighted by molar-refractivity contribution is -0.384. The summed E-state index contributed by atoms with van der Waals surface area (Å²) in [4.78, 5) is 33.3. The second-order valence-corrected chi connectivity index (χ2v) is 4.37. The number of hydrogen-bond acceptors (Lipinski definition) is 5. The Hall–Kier alpha value is -3.55. The van der Waals surface area contributed by atoms with Crippen molar-refractivity contribution in [3.05, 3.63) is 70.3 Å². The van der Waals surface area contributed by atoms with Crippen LogP contribution >= 0.6 is 0 Å². The number of amides is 2. The zero-order chi connectivity index (χ0) is 16.7. The molecule has 0 bridgehead atoms. The number of nitrogens with one attached hydrogen (secondary N) is 2. The van der Waals surface area contributed by atoms with Crippen LogP contribution < -0.4 is 10.7 Å². The number of rotatable bonds is 4. The SMILES string of the molecule is O=C(N/N=C\c1cccc([N+](=O)[O-])c1)C(=O)Nc1ccccc1. The predicted molar refractivity (Wildman–Crippen MR) is 83.9 cm³/mol. The Morgan fingerprint density at radius 1 is 1.04 bits per heavy atom. The van der Waals surface area contributed by atoms with Gasteiger partial charge in [-0.1, -0.05) is 30.3 Å². The molecule has 0 saturated carbocycles. The van der Waals surface area contributed by atoms with Crippen molar-refractivity contribution in [3.8, 4) is 0 Å². The second kappa shape index (κ2) is 7.46. The monoisotopic (exact) mass is 312 g/mol. The number of non-ortho nitro benzene ring substituents is 1. The normalized spacial score (nSPS) is 10.3. The van der Waals surface area contributed by atoms with Crippen LogP contribution in [-0.4, -0.2) is 23.0 Å². The molecule has 2 aromatic rings. The summed E-state index contributed by atoms with van der Waals surface area (Å²) in [6.07, 6.45) is 1.21. The number of anilines is 1. The van der Waals surface area contributed by atoms with E-state index in [2.05, 4.69) is 10.4 Å². The molecule has 2 amide bonds. The van der Waals surface area contributed by atoms with Crippen LogP contribution in [0.5, 0.6) is 0 Å². The Bertz CT molecular complexity index is 759. The van der Waals surface area contributed by atoms with E-state index in [1.54, 1.807) is 36.4 Å². The van der Waals surface area contributed by atoms with E-state index in [1.165, 1.54) is 24.4 Å². The van der Waals surface area contributed by atoms with Crippen LogP contribution in [0.4, 0.5) is 11.4 Å². The summed E-state index contributed by atoms with van der Waals surface area (Å²) < 4.78 is 0. The van der Waals surface area contributed by atoms with Gasteiger partial charge in [0.1, 0.15) is 0 Å². The molecule has 0 aliphatic rings. The molecule has 0 aliphatic carbocycles. The maximum atomic E-state index is 11.6. The molecule has 2 aromatic carbocycles. The molecule has 2 N–H and O–H groups in total. The topological polar surface area (TPSA) is 114 Å². The largest absolute Gasteiger partial charge is 0.329 e. The zero-order valence-corrected chi connectivity index (χ0v) is 11.8. The van der Waals surface area contributed by atoms with Crippen molar-refractivity contribution in [1.82, 2.24) is 5.43 Å². The molecule has 0 unspecified atom stereocenters. The van der Waals surface area contributed by atoms with E-state index < -0.39 is 16.7 Å². The molecule has 0 aliphatic heterocycles. The highest BCUT2D eigenvalue weighted by Crippen LogP contribution is 2.11. The number of benzene rings is 2. The number of para-hydroxylation sites is 1. The summed E-state index contributed by atoms with van der Waals surface area (Å²) in [6.45, 7) is 0. The molecule has 0 atom stereocenters. The van der Waals surface area contributed by atoms with Crippen molar-refractivity contribution in [2.75, 3.05) is 5.32 Å². The molecule has 0 saturated heterocycles. The van der Waals surface area contributed by atoms with Gasteiger partial charge in [-0.3, -0.25) is 19.7 Å². The molecule has 0 fully saturated rings. The fraction of sp³-hybridized carbons (Fsp3) is 0. The Kier molecular flexibility index (Phi) is 5.13. The fourth-order valence-electron chi connectivity index (χ4n) is 1.64. The number of nitro benzene ring substituents is 1. The Balaban J connectivity index is 1.92. The average molecular weight is 312 g/mol. The number of nitro groups is 1. The summed E-state index contributed by atoms with van der Waals surface area (Å²) in [5, 5.41) is 16.6. The third-order valence-electron chi connectivity index (χ3n) is 2.70. The van der Waals surface area contributed by atoms with E-state index >= 15 is 0 Å².